The molecular weight excluding hydrogens is 304 g/mol. The number of benzene rings is 1. The Hall–Kier alpha value is -1.13. The van der Waals surface area contributed by atoms with Crippen LogP contribution in [-0.4, -0.2) is 34.2 Å². The number of rotatable bonds is 7. The molecular formula is C19H30O3Si. The van der Waals surface area contributed by atoms with E-state index in [0.717, 1.165) is 43.2 Å². The Kier molecular flexibility index (Phi) is 6.04. The number of hydrogen-bond acceptors (Lipinski definition) is 3. The van der Waals surface area contributed by atoms with Crippen LogP contribution in [0, 0.1) is 0 Å². The quantitative estimate of drug-likeness (QED) is 0.546. The minimum Gasteiger partial charge on any atom is -0.497 e. The van der Waals surface area contributed by atoms with Crippen molar-refractivity contribution in [3.63, 3.8) is 0 Å². The summed E-state index contributed by atoms with van der Waals surface area (Å²) in [6, 6.07) is 9.09. The molecule has 0 radical (unpaired) electrons. The van der Waals surface area contributed by atoms with E-state index in [2.05, 4.69) is 19.6 Å². The molecule has 0 bridgehead atoms. The fourth-order valence-corrected chi connectivity index (χ4v) is 3.92. The third-order valence-corrected chi connectivity index (χ3v) is 6.48. The molecule has 128 valence electrons. The molecule has 1 aliphatic rings. The van der Waals surface area contributed by atoms with Crippen molar-refractivity contribution >= 4 is 13.9 Å². The summed E-state index contributed by atoms with van der Waals surface area (Å²) in [5.41, 5.74) is 0.625. The van der Waals surface area contributed by atoms with Gasteiger partial charge in [-0.15, -0.1) is 0 Å². The second-order valence-corrected chi connectivity index (χ2v) is 13.4. The third-order valence-electron chi connectivity index (χ3n) is 4.78. The van der Waals surface area contributed by atoms with Crippen molar-refractivity contribution in [2.75, 3.05) is 20.3 Å². The molecule has 1 fully saturated rings. The highest BCUT2D eigenvalue weighted by Crippen LogP contribution is 2.38. The van der Waals surface area contributed by atoms with Crippen LogP contribution in [-0.2, 0) is 14.9 Å². The first-order chi connectivity index (χ1) is 10.9. The number of methoxy groups -OCH3 is 1. The van der Waals surface area contributed by atoms with E-state index < -0.39 is 13.5 Å². The lowest BCUT2D eigenvalue weighted by molar-refractivity contribution is -0.129. The van der Waals surface area contributed by atoms with Crippen molar-refractivity contribution in [2.45, 2.75) is 56.8 Å². The maximum absolute atomic E-state index is 12.8. The lowest BCUT2D eigenvalue weighted by Crippen LogP contribution is -2.43. The highest BCUT2D eigenvalue weighted by Gasteiger charge is 2.41. The van der Waals surface area contributed by atoms with E-state index in [9.17, 15) is 4.79 Å². The van der Waals surface area contributed by atoms with Gasteiger partial charge in [-0.2, -0.15) is 0 Å². The van der Waals surface area contributed by atoms with E-state index in [0.29, 0.717) is 18.8 Å². The van der Waals surface area contributed by atoms with Crippen LogP contribution in [0.3, 0.4) is 0 Å². The zero-order valence-corrected chi connectivity index (χ0v) is 16.0. The van der Waals surface area contributed by atoms with Gasteiger partial charge in [0.1, 0.15) is 11.5 Å². The summed E-state index contributed by atoms with van der Waals surface area (Å²) in [7, 11) is 0.559. The molecule has 0 aromatic heterocycles. The van der Waals surface area contributed by atoms with Crippen LogP contribution in [0.4, 0.5) is 0 Å². The standard InChI is InChI=1S/C19H30O3Si/c1-21-17-10-8-16(9-11-17)19(12-6-5-7-18(19)20)15-22-13-14-23(2,3)4/h8-11H,5-7,12-15H2,1-4H3/t19-/m0/s1. The van der Waals surface area contributed by atoms with E-state index in [1.165, 1.54) is 0 Å². The van der Waals surface area contributed by atoms with Gasteiger partial charge in [-0.3, -0.25) is 4.79 Å². The van der Waals surface area contributed by atoms with E-state index in [1.807, 2.05) is 24.3 Å². The molecule has 1 saturated carbocycles. The van der Waals surface area contributed by atoms with Gasteiger partial charge in [-0.1, -0.05) is 38.2 Å². The van der Waals surface area contributed by atoms with Gasteiger partial charge in [0, 0.05) is 21.1 Å². The summed E-state index contributed by atoms with van der Waals surface area (Å²) in [4.78, 5) is 12.8. The molecule has 0 saturated heterocycles. The largest absolute Gasteiger partial charge is 0.497 e. The molecule has 0 amide bonds. The number of Topliss-reactive ketones (excluding diaryl/α,β-unsaturated/α-hetero) is 1. The molecule has 0 unspecified atom stereocenters. The van der Waals surface area contributed by atoms with Crippen LogP contribution in [0.2, 0.25) is 25.7 Å². The van der Waals surface area contributed by atoms with E-state index in [-0.39, 0.29) is 0 Å². The van der Waals surface area contributed by atoms with Gasteiger partial charge in [0.2, 0.25) is 0 Å². The van der Waals surface area contributed by atoms with Crippen molar-refractivity contribution < 1.29 is 14.3 Å². The van der Waals surface area contributed by atoms with Crippen LogP contribution in [0.5, 0.6) is 5.75 Å². The first-order valence-electron chi connectivity index (χ1n) is 8.63. The average Bonchev–Trinajstić information content (AvgIpc) is 2.52. The molecule has 0 N–H and O–H groups in total. The highest BCUT2D eigenvalue weighted by atomic mass is 28.3. The molecule has 1 atom stereocenters. The van der Waals surface area contributed by atoms with Gasteiger partial charge >= 0.3 is 0 Å². The first-order valence-corrected chi connectivity index (χ1v) is 12.3. The first kappa shape index (κ1) is 18.2. The summed E-state index contributed by atoms with van der Waals surface area (Å²) >= 11 is 0. The van der Waals surface area contributed by atoms with Crippen molar-refractivity contribution in [2.24, 2.45) is 0 Å². The monoisotopic (exact) mass is 334 g/mol. The molecule has 1 aliphatic carbocycles. The van der Waals surface area contributed by atoms with Gasteiger partial charge in [0.15, 0.2) is 0 Å². The second kappa shape index (κ2) is 7.62. The fourth-order valence-electron chi connectivity index (χ4n) is 3.17. The Morgan fingerprint density at radius 3 is 2.39 bits per heavy atom. The van der Waals surface area contributed by atoms with Crippen LogP contribution in [0.25, 0.3) is 0 Å². The predicted octanol–water partition coefficient (Wildman–Crippen LogP) is 4.43. The number of carbonyl (C=O) groups is 1. The number of ether oxygens (including phenoxy) is 2. The third kappa shape index (κ3) is 4.67. The van der Waals surface area contributed by atoms with Crippen molar-refractivity contribution in [3.8, 4) is 5.75 Å². The topological polar surface area (TPSA) is 35.5 Å². The average molecular weight is 335 g/mol. The van der Waals surface area contributed by atoms with E-state index >= 15 is 0 Å². The van der Waals surface area contributed by atoms with Crippen LogP contribution in [0.15, 0.2) is 24.3 Å². The lowest BCUT2D eigenvalue weighted by Gasteiger charge is -2.36. The highest BCUT2D eigenvalue weighted by molar-refractivity contribution is 6.76. The van der Waals surface area contributed by atoms with Crippen molar-refractivity contribution in [1.29, 1.82) is 0 Å². The molecule has 3 nitrogen and oxygen atoms in total. The predicted molar refractivity (Wildman–Crippen MR) is 97.1 cm³/mol. The number of carbonyl (C=O) groups excluding carboxylic acids is 1. The van der Waals surface area contributed by atoms with Gasteiger partial charge in [0.05, 0.1) is 19.1 Å². The molecule has 4 heteroatoms. The SMILES string of the molecule is COc1ccc([C@@]2(COCC[Si](C)(C)C)CCCCC2=O)cc1. The Morgan fingerprint density at radius 2 is 1.83 bits per heavy atom. The minimum atomic E-state index is -1.10. The van der Waals surface area contributed by atoms with Crippen LogP contribution >= 0.6 is 0 Å². The van der Waals surface area contributed by atoms with Gasteiger partial charge in [0.25, 0.3) is 0 Å². The minimum absolute atomic E-state index is 0.335. The summed E-state index contributed by atoms with van der Waals surface area (Å²) in [6.07, 6.45) is 3.66. The van der Waals surface area contributed by atoms with Crippen LogP contribution < -0.4 is 4.74 Å². The van der Waals surface area contributed by atoms with Crippen LogP contribution in [0.1, 0.15) is 31.2 Å². The second-order valence-electron chi connectivity index (χ2n) is 7.80. The number of ketones is 1. The van der Waals surface area contributed by atoms with Gasteiger partial charge in [-0.25, -0.2) is 0 Å². The summed E-state index contributed by atoms with van der Waals surface area (Å²) in [6.45, 7) is 8.33. The Balaban J connectivity index is 2.13. The summed E-state index contributed by atoms with van der Waals surface area (Å²) < 4.78 is 11.3. The summed E-state index contributed by atoms with van der Waals surface area (Å²) in [5.74, 6) is 1.16. The smallest absolute Gasteiger partial charge is 0.145 e. The zero-order chi connectivity index (χ0) is 16.9. The van der Waals surface area contributed by atoms with E-state index in [4.69, 9.17) is 9.47 Å². The molecule has 0 heterocycles. The Bertz CT molecular complexity index is 518. The lowest BCUT2D eigenvalue weighted by atomic mass is 9.69. The Morgan fingerprint density at radius 1 is 1.13 bits per heavy atom. The van der Waals surface area contributed by atoms with E-state index in [1.54, 1.807) is 7.11 Å². The number of hydrogen-bond donors (Lipinski definition) is 0. The van der Waals surface area contributed by atoms with Crippen molar-refractivity contribution in [1.82, 2.24) is 0 Å². The molecule has 23 heavy (non-hydrogen) atoms. The van der Waals surface area contributed by atoms with Gasteiger partial charge < -0.3 is 9.47 Å². The van der Waals surface area contributed by atoms with Crippen molar-refractivity contribution in [3.05, 3.63) is 29.8 Å². The normalized spacial score (nSPS) is 22.2. The zero-order valence-electron chi connectivity index (χ0n) is 15.0. The Labute approximate surface area is 141 Å². The molecule has 2 rings (SSSR count). The van der Waals surface area contributed by atoms with Gasteiger partial charge in [-0.05, 0) is 36.6 Å². The molecule has 1 aromatic rings. The maximum Gasteiger partial charge on any atom is 0.145 e. The molecule has 0 aliphatic heterocycles. The fraction of sp³-hybridized carbons (Fsp3) is 0.632. The summed E-state index contributed by atoms with van der Waals surface area (Å²) in [5, 5.41) is 0. The molecule has 1 aromatic carbocycles. The maximum atomic E-state index is 12.8. The molecule has 0 spiro atoms.